The van der Waals surface area contributed by atoms with Crippen LogP contribution in [0.5, 0.6) is 0 Å². The number of rotatable bonds is 1. The quantitative estimate of drug-likeness (QED) is 0.609. The van der Waals surface area contributed by atoms with Gasteiger partial charge in [-0.15, -0.1) is 0 Å². The van der Waals surface area contributed by atoms with Gasteiger partial charge >= 0.3 is 0 Å². The molecular weight excluding hydrogens is 222 g/mol. The van der Waals surface area contributed by atoms with E-state index >= 15 is 0 Å². The molecule has 3 heteroatoms. The van der Waals surface area contributed by atoms with Crippen LogP contribution in [0.2, 0.25) is 0 Å². The summed E-state index contributed by atoms with van der Waals surface area (Å²) in [5.41, 5.74) is 6.14. The summed E-state index contributed by atoms with van der Waals surface area (Å²) in [6.45, 7) is 2.07. The van der Waals surface area contributed by atoms with E-state index in [0.29, 0.717) is 0 Å². The van der Waals surface area contributed by atoms with Gasteiger partial charge in [-0.2, -0.15) is 0 Å². The summed E-state index contributed by atoms with van der Waals surface area (Å²) in [4.78, 5) is 11.4. The predicted molar refractivity (Wildman–Crippen MR) is 76.1 cm³/mol. The van der Waals surface area contributed by atoms with Crippen molar-refractivity contribution in [2.45, 2.75) is 6.92 Å². The van der Waals surface area contributed by atoms with E-state index in [9.17, 15) is 0 Å². The molecule has 3 rings (SSSR count). The van der Waals surface area contributed by atoms with E-state index < -0.39 is 0 Å². The average molecular weight is 237 g/mol. The minimum atomic E-state index is 0.942. The highest BCUT2D eigenvalue weighted by Gasteiger charge is 2.03. The molecule has 0 fully saturated rings. The van der Waals surface area contributed by atoms with E-state index in [2.05, 4.69) is 46.1 Å². The fraction of sp³-hybridized carbons (Fsp3) is 0.200. The van der Waals surface area contributed by atoms with Gasteiger partial charge in [0.05, 0.1) is 22.1 Å². The lowest BCUT2D eigenvalue weighted by molar-refractivity contribution is 1.13. The Kier molecular flexibility index (Phi) is 2.40. The van der Waals surface area contributed by atoms with Gasteiger partial charge in [0.15, 0.2) is 0 Å². The maximum atomic E-state index is 4.67. The highest BCUT2D eigenvalue weighted by molar-refractivity contribution is 5.88. The van der Waals surface area contributed by atoms with Gasteiger partial charge in [0.25, 0.3) is 0 Å². The number of fused-ring (bicyclic) bond motifs is 2. The fourth-order valence-corrected chi connectivity index (χ4v) is 2.05. The predicted octanol–water partition coefficient (Wildman–Crippen LogP) is 3.16. The molecule has 0 atom stereocenters. The molecule has 0 spiro atoms. The van der Waals surface area contributed by atoms with Gasteiger partial charge in [0, 0.05) is 19.8 Å². The third-order valence-electron chi connectivity index (χ3n) is 3.09. The van der Waals surface area contributed by atoms with Gasteiger partial charge in [-0.25, -0.2) is 9.97 Å². The molecule has 0 bridgehead atoms. The minimum Gasteiger partial charge on any atom is -0.378 e. The van der Waals surface area contributed by atoms with E-state index in [1.54, 1.807) is 0 Å². The third kappa shape index (κ3) is 1.78. The Morgan fingerprint density at radius 2 is 1.39 bits per heavy atom. The molecule has 0 aliphatic rings. The molecule has 90 valence electrons. The van der Waals surface area contributed by atoms with E-state index in [1.165, 1.54) is 5.56 Å². The molecule has 3 nitrogen and oxygen atoms in total. The Hall–Kier alpha value is -2.16. The molecule has 1 heterocycles. The zero-order chi connectivity index (χ0) is 12.7. The molecule has 0 saturated carbocycles. The van der Waals surface area contributed by atoms with Crippen molar-refractivity contribution in [2.75, 3.05) is 19.0 Å². The third-order valence-corrected chi connectivity index (χ3v) is 3.09. The summed E-state index contributed by atoms with van der Waals surface area (Å²) >= 11 is 0. The minimum absolute atomic E-state index is 0.942. The first kappa shape index (κ1) is 11.0. The maximum Gasteiger partial charge on any atom is 0.0915 e. The SMILES string of the molecule is Cc1ccc2nc3cc(N(C)C)ccc3nc2c1. The van der Waals surface area contributed by atoms with E-state index in [1.807, 2.05) is 26.2 Å². The summed E-state index contributed by atoms with van der Waals surface area (Å²) in [6, 6.07) is 12.3. The Bertz CT molecular complexity index is 732. The molecule has 0 aliphatic carbocycles. The molecular formula is C15H15N3. The lowest BCUT2D eigenvalue weighted by Gasteiger charge is -2.12. The Morgan fingerprint density at radius 1 is 0.778 bits per heavy atom. The average Bonchev–Trinajstić information content (AvgIpc) is 2.35. The number of nitrogens with zero attached hydrogens (tertiary/aromatic N) is 3. The fourth-order valence-electron chi connectivity index (χ4n) is 2.05. The zero-order valence-electron chi connectivity index (χ0n) is 10.8. The largest absolute Gasteiger partial charge is 0.378 e. The number of hydrogen-bond acceptors (Lipinski definition) is 3. The van der Waals surface area contributed by atoms with Crippen LogP contribution in [0.15, 0.2) is 36.4 Å². The first-order valence-corrected chi connectivity index (χ1v) is 5.99. The summed E-state index contributed by atoms with van der Waals surface area (Å²) < 4.78 is 0. The van der Waals surface area contributed by atoms with Gasteiger partial charge < -0.3 is 4.90 Å². The van der Waals surface area contributed by atoms with Crippen molar-refractivity contribution < 1.29 is 0 Å². The van der Waals surface area contributed by atoms with Gasteiger partial charge in [-0.05, 0) is 42.8 Å². The summed E-state index contributed by atoms with van der Waals surface area (Å²) in [7, 11) is 4.05. The molecule has 0 unspecified atom stereocenters. The second-order valence-corrected chi connectivity index (χ2v) is 4.78. The number of aromatic nitrogens is 2. The topological polar surface area (TPSA) is 29.0 Å². The molecule has 0 N–H and O–H groups in total. The van der Waals surface area contributed by atoms with Crippen LogP contribution >= 0.6 is 0 Å². The molecule has 0 aliphatic heterocycles. The van der Waals surface area contributed by atoms with Crippen LogP contribution < -0.4 is 4.90 Å². The summed E-state index contributed by atoms with van der Waals surface area (Å²) in [6.07, 6.45) is 0. The highest BCUT2D eigenvalue weighted by Crippen LogP contribution is 2.21. The van der Waals surface area contributed by atoms with Crippen molar-refractivity contribution in [3.63, 3.8) is 0 Å². The monoisotopic (exact) mass is 237 g/mol. The Balaban J connectivity index is 2.31. The lowest BCUT2D eigenvalue weighted by atomic mass is 10.2. The number of aryl methyl sites for hydroxylation is 1. The second-order valence-electron chi connectivity index (χ2n) is 4.78. The van der Waals surface area contributed by atoms with E-state index in [-0.39, 0.29) is 0 Å². The van der Waals surface area contributed by atoms with Gasteiger partial charge in [0.2, 0.25) is 0 Å². The van der Waals surface area contributed by atoms with E-state index in [4.69, 9.17) is 0 Å². The van der Waals surface area contributed by atoms with Crippen LogP contribution in [0.1, 0.15) is 5.56 Å². The normalized spacial score (nSPS) is 11.1. The Labute approximate surface area is 106 Å². The van der Waals surface area contributed by atoms with Crippen LogP contribution in [0, 0.1) is 6.92 Å². The first-order valence-electron chi connectivity index (χ1n) is 5.99. The van der Waals surface area contributed by atoms with Crippen LogP contribution in [0.3, 0.4) is 0 Å². The summed E-state index contributed by atoms with van der Waals surface area (Å²) in [5.74, 6) is 0. The number of anilines is 1. The zero-order valence-corrected chi connectivity index (χ0v) is 10.8. The van der Waals surface area contributed by atoms with Crippen molar-refractivity contribution in [1.29, 1.82) is 0 Å². The van der Waals surface area contributed by atoms with Crippen molar-refractivity contribution >= 4 is 27.8 Å². The molecule has 0 amide bonds. The van der Waals surface area contributed by atoms with Gasteiger partial charge in [0.1, 0.15) is 0 Å². The summed E-state index contributed by atoms with van der Waals surface area (Å²) in [5, 5.41) is 0. The lowest BCUT2D eigenvalue weighted by Crippen LogP contribution is -2.08. The molecule has 3 aromatic rings. The standard InChI is InChI=1S/C15H15N3/c1-10-4-6-12-14(8-10)16-13-7-5-11(18(2)3)9-15(13)17-12/h4-9H,1-3H3. The molecule has 0 saturated heterocycles. The smallest absolute Gasteiger partial charge is 0.0915 e. The number of hydrogen-bond donors (Lipinski definition) is 0. The molecule has 2 aromatic carbocycles. The highest BCUT2D eigenvalue weighted by atomic mass is 15.1. The van der Waals surface area contributed by atoms with Crippen LogP contribution in [-0.2, 0) is 0 Å². The van der Waals surface area contributed by atoms with Crippen LogP contribution in [0.25, 0.3) is 22.1 Å². The van der Waals surface area contributed by atoms with Crippen molar-refractivity contribution in [2.24, 2.45) is 0 Å². The maximum absolute atomic E-state index is 4.67. The van der Waals surface area contributed by atoms with Crippen molar-refractivity contribution in [3.05, 3.63) is 42.0 Å². The van der Waals surface area contributed by atoms with Gasteiger partial charge in [-0.3, -0.25) is 0 Å². The molecule has 1 aromatic heterocycles. The van der Waals surface area contributed by atoms with Crippen LogP contribution in [-0.4, -0.2) is 24.1 Å². The van der Waals surface area contributed by atoms with E-state index in [0.717, 1.165) is 27.8 Å². The van der Waals surface area contributed by atoms with Crippen LogP contribution in [0.4, 0.5) is 5.69 Å². The molecule has 18 heavy (non-hydrogen) atoms. The second kappa shape index (κ2) is 3.95. The first-order chi connectivity index (χ1) is 8.63. The van der Waals surface area contributed by atoms with Crippen molar-refractivity contribution in [3.8, 4) is 0 Å². The van der Waals surface area contributed by atoms with Gasteiger partial charge in [-0.1, -0.05) is 6.07 Å². The Morgan fingerprint density at radius 3 is 2.06 bits per heavy atom. The number of benzene rings is 2. The molecule has 0 radical (unpaired) electrons. The van der Waals surface area contributed by atoms with Crippen molar-refractivity contribution in [1.82, 2.24) is 9.97 Å².